The predicted molar refractivity (Wildman–Crippen MR) is 132 cm³/mol. The van der Waals surface area contributed by atoms with Gasteiger partial charge >= 0.3 is 12.1 Å². The molecule has 0 radical (unpaired) electrons. The van der Waals surface area contributed by atoms with Gasteiger partial charge in [-0.2, -0.15) is 0 Å². The maximum absolute atomic E-state index is 12.7. The number of nitrogens with zero attached hydrogens (tertiary/aromatic N) is 4. The quantitative estimate of drug-likeness (QED) is 0.626. The molecule has 0 aromatic carbocycles. The lowest BCUT2D eigenvalue weighted by atomic mass is 9.86. The van der Waals surface area contributed by atoms with Gasteiger partial charge in [0.1, 0.15) is 28.7 Å². The Morgan fingerprint density at radius 2 is 1.94 bits per heavy atom. The Labute approximate surface area is 201 Å². The van der Waals surface area contributed by atoms with Gasteiger partial charge < -0.3 is 14.4 Å². The minimum atomic E-state index is -0.609. The maximum Gasteiger partial charge on any atom is 0.415 e. The number of likely N-dealkylation sites (tertiary alicyclic amines) is 1. The molecule has 9 heteroatoms. The molecular weight excluding hydrogens is 434 g/mol. The molecule has 1 saturated heterocycles. The first-order chi connectivity index (χ1) is 15.8. The van der Waals surface area contributed by atoms with Crippen molar-refractivity contribution >= 4 is 23.8 Å². The number of anilines is 2. The van der Waals surface area contributed by atoms with Gasteiger partial charge in [-0.05, 0) is 64.7 Å². The van der Waals surface area contributed by atoms with Crippen molar-refractivity contribution < 1.29 is 19.1 Å². The number of carbonyl (C=O) groups is 2. The number of rotatable bonds is 4. The molecule has 3 amide bonds. The summed E-state index contributed by atoms with van der Waals surface area (Å²) in [5.74, 6) is 1.89. The number of aromatic nitrogens is 2. The summed E-state index contributed by atoms with van der Waals surface area (Å²) in [6.45, 7) is 14.4. The minimum absolute atomic E-state index is 0.0966. The van der Waals surface area contributed by atoms with Gasteiger partial charge in [0, 0.05) is 31.9 Å². The summed E-state index contributed by atoms with van der Waals surface area (Å²) >= 11 is 0. The van der Waals surface area contributed by atoms with Crippen LogP contribution in [0.2, 0.25) is 0 Å². The van der Waals surface area contributed by atoms with Crippen molar-refractivity contribution in [2.24, 2.45) is 5.41 Å². The van der Waals surface area contributed by atoms with Gasteiger partial charge in [0.25, 0.3) is 0 Å². The van der Waals surface area contributed by atoms with Gasteiger partial charge in [0.2, 0.25) is 0 Å². The molecule has 184 valence electrons. The molecular formula is C25H35N5O4. The third-order valence-corrected chi connectivity index (χ3v) is 6.08. The first kappa shape index (κ1) is 25.3. The highest BCUT2D eigenvalue weighted by Gasteiger charge is 2.39. The second-order valence-electron chi connectivity index (χ2n) is 10.3. The van der Waals surface area contributed by atoms with Gasteiger partial charge in [0.15, 0.2) is 0 Å². The number of urea groups is 1. The lowest BCUT2D eigenvalue weighted by molar-refractivity contribution is 0.0588. The topological polar surface area (TPSA) is 96.9 Å². The lowest BCUT2D eigenvalue weighted by Gasteiger charge is -2.29. The van der Waals surface area contributed by atoms with Gasteiger partial charge in [-0.3, -0.25) is 10.2 Å². The summed E-state index contributed by atoms with van der Waals surface area (Å²) in [6, 6.07) is 6.81. The van der Waals surface area contributed by atoms with Crippen molar-refractivity contribution in [1.82, 2.24) is 14.9 Å². The van der Waals surface area contributed by atoms with E-state index in [0.29, 0.717) is 28.8 Å². The average Bonchev–Trinajstić information content (AvgIpc) is 3.01. The molecule has 34 heavy (non-hydrogen) atoms. The van der Waals surface area contributed by atoms with Gasteiger partial charge in [-0.15, -0.1) is 0 Å². The lowest BCUT2D eigenvalue weighted by Crippen LogP contribution is -2.41. The molecule has 1 unspecified atom stereocenters. The van der Waals surface area contributed by atoms with Crippen LogP contribution in [0.3, 0.4) is 0 Å². The van der Waals surface area contributed by atoms with Gasteiger partial charge in [0.05, 0.1) is 5.69 Å². The summed E-state index contributed by atoms with van der Waals surface area (Å²) in [7, 11) is 1.59. The maximum atomic E-state index is 12.7. The first-order valence-electron chi connectivity index (χ1n) is 11.4. The third kappa shape index (κ3) is 5.95. The number of amides is 3. The van der Waals surface area contributed by atoms with Crippen molar-refractivity contribution in [1.29, 1.82) is 0 Å². The molecule has 0 aliphatic carbocycles. The van der Waals surface area contributed by atoms with Crippen LogP contribution in [0.4, 0.5) is 21.2 Å². The molecule has 0 spiro atoms. The van der Waals surface area contributed by atoms with E-state index >= 15 is 0 Å². The zero-order valence-corrected chi connectivity index (χ0v) is 21.3. The fourth-order valence-corrected chi connectivity index (χ4v) is 3.62. The number of hydrogen-bond acceptors (Lipinski definition) is 6. The standard InChI is InChI=1S/C25H35N5O4/c1-16-19(9-10-20(27-16)28-22(31)30-14-12-25(6,7)17(30)2)33-18-11-13-26-21(15-18)29(8)23(32)34-24(3,4)5/h9-11,13,15,17H,12,14H2,1-8H3,(H,27,28,31). The first-order valence-corrected chi connectivity index (χ1v) is 11.4. The zero-order chi connectivity index (χ0) is 25.3. The number of ether oxygens (including phenoxy) is 2. The SMILES string of the molecule is Cc1nc(NC(=O)N2CCC(C)(C)C2C)ccc1Oc1ccnc(N(C)C(=O)OC(C)(C)C)c1. The normalized spacial score (nSPS) is 17.3. The van der Waals surface area contributed by atoms with E-state index in [-0.39, 0.29) is 17.5 Å². The van der Waals surface area contributed by atoms with Crippen LogP contribution in [0.5, 0.6) is 11.5 Å². The second kappa shape index (κ2) is 9.48. The highest BCUT2D eigenvalue weighted by atomic mass is 16.6. The Hall–Kier alpha value is -3.36. The smallest absolute Gasteiger partial charge is 0.415 e. The minimum Gasteiger partial charge on any atom is -0.455 e. The molecule has 9 nitrogen and oxygen atoms in total. The Balaban J connectivity index is 1.68. The van der Waals surface area contributed by atoms with Crippen LogP contribution in [-0.4, -0.2) is 52.2 Å². The Bertz CT molecular complexity index is 1060. The van der Waals surface area contributed by atoms with Crippen molar-refractivity contribution in [3.05, 3.63) is 36.2 Å². The number of nitrogens with one attached hydrogen (secondary N) is 1. The highest BCUT2D eigenvalue weighted by Crippen LogP contribution is 2.36. The summed E-state index contributed by atoms with van der Waals surface area (Å²) in [5, 5.41) is 2.89. The van der Waals surface area contributed by atoms with Crippen molar-refractivity contribution in [2.75, 3.05) is 23.8 Å². The molecule has 2 aromatic rings. The molecule has 1 aliphatic heterocycles. The van der Waals surface area contributed by atoms with Gasteiger partial charge in [-0.1, -0.05) is 13.8 Å². The van der Waals surface area contributed by atoms with E-state index in [9.17, 15) is 9.59 Å². The Morgan fingerprint density at radius 3 is 2.53 bits per heavy atom. The molecule has 3 rings (SSSR count). The number of aryl methyl sites for hydroxylation is 1. The second-order valence-corrected chi connectivity index (χ2v) is 10.3. The van der Waals surface area contributed by atoms with Crippen LogP contribution < -0.4 is 15.0 Å². The monoisotopic (exact) mass is 469 g/mol. The molecule has 1 aliphatic rings. The number of carbonyl (C=O) groups excluding carboxylic acids is 2. The Kier molecular flexibility index (Phi) is 7.05. The van der Waals surface area contributed by atoms with E-state index in [1.165, 1.54) is 4.90 Å². The molecule has 1 N–H and O–H groups in total. The molecule has 1 atom stereocenters. The van der Waals surface area contributed by atoms with Crippen LogP contribution in [0, 0.1) is 12.3 Å². The summed E-state index contributed by atoms with van der Waals surface area (Å²) in [4.78, 5) is 37.0. The largest absolute Gasteiger partial charge is 0.455 e. The van der Waals surface area contributed by atoms with E-state index in [2.05, 4.69) is 36.1 Å². The van der Waals surface area contributed by atoms with Crippen LogP contribution in [0.15, 0.2) is 30.5 Å². The van der Waals surface area contributed by atoms with E-state index in [1.807, 2.05) is 11.8 Å². The van der Waals surface area contributed by atoms with Crippen LogP contribution in [0.1, 0.15) is 53.7 Å². The molecule has 0 bridgehead atoms. The average molecular weight is 470 g/mol. The van der Waals surface area contributed by atoms with E-state index < -0.39 is 11.7 Å². The third-order valence-electron chi connectivity index (χ3n) is 6.08. The summed E-state index contributed by atoms with van der Waals surface area (Å²) < 4.78 is 11.4. The fraction of sp³-hybridized carbons (Fsp3) is 0.520. The number of hydrogen-bond donors (Lipinski definition) is 1. The predicted octanol–water partition coefficient (Wildman–Crippen LogP) is 5.60. The van der Waals surface area contributed by atoms with Crippen molar-refractivity contribution in [3.8, 4) is 11.5 Å². The van der Waals surface area contributed by atoms with Crippen molar-refractivity contribution in [3.63, 3.8) is 0 Å². The van der Waals surface area contributed by atoms with Gasteiger partial charge in [-0.25, -0.2) is 19.6 Å². The molecule has 1 fully saturated rings. The van der Waals surface area contributed by atoms with E-state index in [4.69, 9.17) is 9.47 Å². The molecule has 0 saturated carbocycles. The van der Waals surface area contributed by atoms with E-state index in [1.54, 1.807) is 58.3 Å². The summed E-state index contributed by atoms with van der Waals surface area (Å²) in [6.07, 6.45) is 2.02. The number of pyridine rings is 2. The highest BCUT2D eigenvalue weighted by molar-refractivity contribution is 5.89. The fourth-order valence-electron chi connectivity index (χ4n) is 3.62. The summed E-state index contributed by atoms with van der Waals surface area (Å²) in [5.41, 5.74) is 0.105. The van der Waals surface area contributed by atoms with Crippen LogP contribution in [0.25, 0.3) is 0 Å². The zero-order valence-electron chi connectivity index (χ0n) is 21.3. The van der Waals surface area contributed by atoms with Crippen LogP contribution in [-0.2, 0) is 4.74 Å². The molecule has 3 heterocycles. The Morgan fingerprint density at radius 1 is 1.24 bits per heavy atom. The van der Waals surface area contributed by atoms with Crippen molar-refractivity contribution in [2.45, 2.75) is 66.5 Å². The molecule has 2 aromatic heterocycles. The van der Waals surface area contributed by atoms with E-state index in [0.717, 1.165) is 13.0 Å². The van der Waals surface area contributed by atoms with Crippen LogP contribution >= 0.6 is 0 Å².